The number of nitrogens with zero attached hydrogens (tertiary/aromatic N) is 4. The predicted octanol–water partition coefficient (Wildman–Crippen LogP) is 3.95. The Bertz CT molecular complexity index is 1070. The number of nitro groups is 1. The monoisotopic (exact) mass is 419 g/mol. The largest absolute Gasteiger partial charge is 0.350 e. The topological polar surface area (TPSA) is 101 Å². The fraction of sp³-hybridized carbons (Fsp3) is 0.348. The third kappa shape index (κ3) is 5.66. The van der Waals surface area contributed by atoms with E-state index in [0.29, 0.717) is 30.3 Å². The Kier molecular flexibility index (Phi) is 6.65. The summed E-state index contributed by atoms with van der Waals surface area (Å²) in [5.74, 6) is 6.87. The molecule has 1 saturated heterocycles. The number of hydrogen-bond acceptors (Lipinski definition) is 6. The molecule has 0 aliphatic carbocycles. The molecule has 2 aromatic heterocycles. The minimum atomic E-state index is -0.527. The highest BCUT2D eigenvalue weighted by Crippen LogP contribution is 2.28. The van der Waals surface area contributed by atoms with Gasteiger partial charge in [-0.25, -0.2) is 9.97 Å². The molecule has 1 amide bonds. The van der Waals surface area contributed by atoms with Crippen LogP contribution in [-0.2, 0) is 4.79 Å². The van der Waals surface area contributed by atoms with Crippen molar-refractivity contribution in [3.8, 4) is 11.8 Å². The van der Waals surface area contributed by atoms with E-state index in [1.807, 2.05) is 37.8 Å². The second-order valence-corrected chi connectivity index (χ2v) is 8.27. The second kappa shape index (κ2) is 9.39. The lowest BCUT2D eigenvalue weighted by Crippen LogP contribution is -2.31. The molecule has 0 unspecified atom stereocenters. The zero-order valence-corrected chi connectivity index (χ0v) is 17.9. The van der Waals surface area contributed by atoms with Gasteiger partial charge < -0.3 is 10.2 Å². The van der Waals surface area contributed by atoms with Crippen LogP contribution < -0.4 is 10.2 Å². The first-order chi connectivity index (χ1) is 14.8. The average molecular weight is 419 g/mol. The summed E-state index contributed by atoms with van der Waals surface area (Å²) in [4.78, 5) is 33.5. The van der Waals surface area contributed by atoms with E-state index in [4.69, 9.17) is 0 Å². The van der Waals surface area contributed by atoms with Crippen LogP contribution in [0.1, 0.15) is 39.2 Å². The maximum absolute atomic E-state index is 12.3. The number of pyridine rings is 2. The molecule has 1 N–H and O–H groups in total. The van der Waals surface area contributed by atoms with Crippen molar-refractivity contribution in [1.82, 2.24) is 9.97 Å². The first-order valence-electron chi connectivity index (χ1n) is 10.1. The van der Waals surface area contributed by atoms with Gasteiger partial charge >= 0.3 is 5.69 Å². The first kappa shape index (κ1) is 22.0. The van der Waals surface area contributed by atoms with Gasteiger partial charge in [-0.1, -0.05) is 38.2 Å². The molecule has 1 aliphatic heterocycles. The summed E-state index contributed by atoms with van der Waals surface area (Å²) in [5.41, 5.74) is 1.32. The fourth-order valence-electron chi connectivity index (χ4n) is 3.04. The molecule has 3 rings (SSSR count). The molecule has 0 radical (unpaired) electrons. The van der Waals surface area contributed by atoms with Crippen molar-refractivity contribution in [1.29, 1.82) is 0 Å². The summed E-state index contributed by atoms with van der Waals surface area (Å²) in [6.07, 6.45) is 6.58. The molecule has 3 heterocycles. The number of rotatable bonds is 3. The Labute approximate surface area is 181 Å². The minimum Gasteiger partial charge on any atom is -0.350 e. The van der Waals surface area contributed by atoms with Gasteiger partial charge in [-0.15, -0.1) is 0 Å². The number of carbonyl (C=O) groups excluding carboxylic acids is 1. The van der Waals surface area contributed by atoms with Crippen molar-refractivity contribution < 1.29 is 9.72 Å². The van der Waals surface area contributed by atoms with E-state index in [0.717, 1.165) is 12.8 Å². The molecule has 8 heteroatoms. The summed E-state index contributed by atoms with van der Waals surface area (Å²) in [6.45, 7) is 6.81. The van der Waals surface area contributed by atoms with Crippen LogP contribution in [0, 0.1) is 27.4 Å². The van der Waals surface area contributed by atoms with E-state index in [1.165, 1.54) is 11.6 Å². The van der Waals surface area contributed by atoms with Gasteiger partial charge in [0.25, 0.3) is 0 Å². The third-order valence-electron chi connectivity index (χ3n) is 4.87. The molecule has 0 atom stereocenters. The fourth-order valence-corrected chi connectivity index (χ4v) is 3.04. The van der Waals surface area contributed by atoms with Crippen molar-refractivity contribution in [2.45, 2.75) is 33.6 Å². The molecule has 0 spiro atoms. The number of hydrogen-bond donors (Lipinski definition) is 1. The molecule has 0 bridgehead atoms. The van der Waals surface area contributed by atoms with Crippen molar-refractivity contribution in [3.05, 3.63) is 64.0 Å². The van der Waals surface area contributed by atoms with Crippen molar-refractivity contribution in [3.63, 3.8) is 0 Å². The summed E-state index contributed by atoms with van der Waals surface area (Å²) in [6, 6.07) is 6.65. The van der Waals surface area contributed by atoms with E-state index >= 15 is 0 Å². The Hall–Kier alpha value is -3.73. The number of aromatic nitrogens is 2. The molecule has 31 heavy (non-hydrogen) atoms. The highest BCUT2D eigenvalue weighted by molar-refractivity contribution is 5.94. The van der Waals surface area contributed by atoms with E-state index in [1.54, 1.807) is 24.5 Å². The molecular weight excluding hydrogens is 394 g/mol. The van der Waals surface area contributed by atoms with Crippen LogP contribution >= 0.6 is 0 Å². The van der Waals surface area contributed by atoms with Gasteiger partial charge in [-0.3, -0.25) is 14.9 Å². The Balaban J connectivity index is 1.67. The van der Waals surface area contributed by atoms with Crippen molar-refractivity contribution in [2.24, 2.45) is 5.41 Å². The van der Waals surface area contributed by atoms with Crippen LogP contribution in [0.5, 0.6) is 0 Å². The molecule has 2 aromatic rings. The number of anilines is 2. The lowest BCUT2D eigenvalue weighted by atomic mass is 9.95. The summed E-state index contributed by atoms with van der Waals surface area (Å²) in [5, 5.41) is 14.1. The van der Waals surface area contributed by atoms with Crippen LogP contribution in [-0.4, -0.2) is 33.9 Å². The second-order valence-electron chi connectivity index (χ2n) is 8.27. The van der Waals surface area contributed by atoms with Crippen LogP contribution in [0.3, 0.4) is 0 Å². The molecule has 1 aliphatic rings. The van der Waals surface area contributed by atoms with Gasteiger partial charge in [0.15, 0.2) is 0 Å². The van der Waals surface area contributed by atoms with Crippen molar-refractivity contribution in [2.75, 3.05) is 23.3 Å². The molecular formula is C23H25N5O3. The van der Waals surface area contributed by atoms with E-state index < -0.39 is 10.3 Å². The highest BCUT2D eigenvalue weighted by atomic mass is 16.6. The van der Waals surface area contributed by atoms with Gasteiger partial charge in [0.05, 0.1) is 10.5 Å². The number of allylic oxidation sites excluding steroid dienone is 1. The maximum atomic E-state index is 12.3. The van der Waals surface area contributed by atoms with E-state index in [-0.39, 0.29) is 11.6 Å². The van der Waals surface area contributed by atoms with E-state index in [9.17, 15) is 14.9 Å². The van der Waals surface area contributed by atoms with Gasteiger partial charge in [0.1, 0.15) is 5.82 Å². The quantitative estimate of drug-likeness (QED) is 0.459. The first-order valence-corrected chi connectivity index (χ1v) is 10.1. The number of amides is 1. The molecule has 0 aromatic carbocycles. The zero-order valence-electron chi connectivity index (χ0n) is 17.9. The molecule has 0 saturated carbocycles. The number of piperidine rings is 1. The standard InChI is InChI=1S/C23H25N5O3/c1-23(2,3)22(29)26-20-18(9-5-13-24-20)8-4-7-17-11-15-27(16-12-17)21-19(28(30)31)10-6-14-25-21/h5-7,9-10,13-14H,11-12,15-16H2,1-3H3,(H,24,26,29). The average Bonchev–Trinajstić information content (AvgIpc) is 2.74. The smallest absolute Gasteiger partial charge is 0.311 e. The predicted molar refractivity (Wildman–Crippen MR) is 120 cm³/mol. The van der Waals surface area contributed by atoms with Gasteiger partial charge in [-0.05, 0) is 37.1 Å². The molecule has 1 fully saturated rings. The lowest BCUT2D eigenvalue weighted by molar-refractivity contribution is -0.384. The summed E-state index contributed by atoms with van der Waals surface area (Å²) in [7, 11) is 0. The lowest BCUT2D eigenvalue weighted by Gasteiger charge is -2.28. The van der Waals surface area contributed by atoms with Crippen LogP contribution in [0.2, 0.25) is 0 Å². The Morgan fingerprint density at radius 2 is 1.87 bits per heavy atom. The van der Waals surface area contributed by atoms with E-state index in [2.05, 4.69) is 27.1 Å². The highest BCUT2D eigenvalue weighted by Gasteiger charge is 2.23. The summed E-state index contributed by atoms with van der Waals surface area (Å²) < 4.78 is 0. The third-order valence-corrected chi connectivity index (χ3v) is 4.87. The maximum Gasteiger partial charge on any atom is 0.311 e. The minimum absolute atomic E-state index is 0.0242. The SMILES string of the molecule is CC(C)(C)C(=O)Nc1ncccc1C#CC=C1CCN(c2ncccc2[N+](=O)[O-])CC1. The number of carbonyl (C=O) groups is 1. The van der Waals surface area contributed by atoms with Crippen molar-refractivity contribution >= 4 is 23.2 Å². The molecule has 8 nitrogen and oxygen atoms in total. The van der Waals surface area contributed by atoms with Crippen LogP contribution in [0.4, 0.5) is 17.3 Å². The van der Waals surface area contributed by atoms with Gasteiger partial charge in [0, 0.05) is 37.0 Å². The Morgan fingerprint density at radius 1 is 1.19 bits per heavy atom. The van der Waals surface area contributed by atoms with Gasteiger partial charge in [0.2, 0.25) is 11.7 Å². The normalized spacial score (nSPS) is 13.8. The number of nitrogens with one attached hydrogen (secondary N) is 1. The Morgan fingerprint density at radius 3 is 2.55 bits per heavy atom. The van der Waals surface area contributed by atoms with Gasteiger partial charge in [-0.2, -0.15) is 0 Å². The van der Waals surface area contributed by atoms with Crippen LogP contribution in [0.25, 0.3) is 0 Å². The zero-order chi connectivity index (χ0) is 22.4. The molecule has 160 valence electrons. The summed E-state index contributed by atoms with van der Waals surface area (Å²) >= 11 is 0. The van der Waals surface area contributed by atoms with Crippen LogP contribution in [0.15, 0.2) is 48.3 Å².